The second-order valence-corrected chi connectivity index (χ2v) is 3.53. The molecule has 0 aliphatic heterocycles. The Bertz CT molecular complexity index is 337. The van der Waals surface area contributed by atoms with Gasteiger partial charge in [0.1, 0.15) is 0 Å². The third-order valence-electron chi connectivity index (χ3n) is 2.03. The van der Waals surface area contributed by atoms with Gasteiger partial charge in [-0.05, 0) is 6.92 Å². The summed E-state index contributed by atoms with van der Waals surface area (Å²) in [6.07, 6.45) is 0. The molecular formula is C10H16N2O4. The molecule has 0 radical (unpaired) electrons. The van der Waals surface area contributed by atoms with Crippen LogP contribution in [-0.2, 0) is 16.1 Å². The van der Waals surface area contributed by atoms with E-state index in [2.05, 4.69) is 5.16 Å². The van der Waals surface area contributed by atoms with E-state index >= 15 is 0 Å². The highest BCUT2D eigenvalue weighted by atomic mass is 16.5. The van der Waals surface area contributed by atoms with Crippen molar-refractivity contribution in [3.8, 4) is 0 Å². The van der Waals surface area contributed by atoms with Crippen molar-refractivity contribution < 1.29 is 19.2 Å². The van der Waals surface area contributed by atoms with Crippen molar-refractivity contribution in [3.05, 3.63) is 17.5 Å². The molecular weight excluding hydrogens is 212 g/mol. The molecule has 6 nitrogen and oxygen atoms in total. The minimum Gasteiger partial charge on any atom is -0.480 e. The molecule has 90 valence electrons. The Morgan fingerprint density at radius 1 is 1.69 bits per heavy atom. The van der Waals surface area contributed by atoms with Crippen LogP contribution in [0.25, 0.3) is 0 Å². The second-order valence-electron chi connectivity index (χ2n) is 3.53. The molecule has 0 spiro atoms. The third kappa shape index (κ3) is 4.41. The van der Waals surface area contributed by atoms with Crippen LogP contribution in [0, 0.1) is 6.92 Å². The van der Waals surface area contributed by atoms with Gasteiger partial charge in [-0.25, -0.2) is 0 Å². The normalized spacial score (nSPS) is 10.9. The zero-order valence-corrected chi connectivity index (χ0v) is 9.47. The Balaban J connectivity index is 2.51. The fraction of sp³-hybridized carbons (Fsp3) is 0.600. The van der Waals surface area contributed by atoms with E-state index in [1.54, 1.807) is 18.1 Å². The second kappa shape index (κ2) is 6.24. The predicted molar refractivity (Wildman–Crippen MR) is 56.0 cm³/mol. The number of hydrogen-bond donors (Lipinski definition) is 1. The Morgan fingerprint density at radius 3 is 2.94 bits per heavy atom. The Morgan fingerprint density at radius 2 is 2.44 bits per heavy atom. The van der Waals surface area contributed by atoms with Gasteiger partial charge in [0.05, 0.1) is 25.4 Å². The smallest absolute Gasteiger partial charge is 0.317 e. The number of rotatable bonds is 7. The molecule has 0 unspecified atom stereocenters. The zero-order valence-electron chi connectivity index (χ0n) is 9.47. The highest BCUT2D eigenvalue weighted by Crippen LogP contribution is 2.06. The summed E-state index contributed by atoms with van der Waals surface area (Å²) in [6, 6.07) is 1.79. The minimum absolute atomic E-state index is 0.0386. The molecule has 0 aliphatic rings. The zero-order chi connectivity index (χ0) is 12.0. The molecule has 1 rings (SSSR count). The summed E-state index contributed by atoms with van der Waals surface area (Å²) in [4.78, 5) is 12.4. The number of carbonyl (C=O) groups is 1. The lowest BCUT2D eigenvalue weighted by Gasteiger charge is -2.17. The molecule has 0 saturated carbocycles. The van der Waals surface area contributed by atoms with E-state index < -0.39 is 5.97 Å². The lowest BCUT2D eigenvalue weighted by atomic mass is 10.3. The van der Waals surface area contributed by atoms with E-state index in [-0.39, 0.29) is 6.54 Å². The van der Waals surface area contributed by atoms with E-state index in [0.717, 1.165) is 5.69 Å². The molecule has 0 aromatic carbocycles. The van der Waals surface area contributed by atoms with Crippen LogP contribution >= 0.6 is 0 Å². The number of aromatic nitrogens is 1. The van der Waals surface area contributed by atoms with Gasteiger partial charge in [-0.2, -0.15) is 0 Å². The number of aryl methyl sites for hydroxylation is 1. The van der Waals surface area contributed by atoms with Crippen LogP contribution in [0.4, 0.5) is 0 Å². The number of methoxy groups -OCH3 is 1. The maximum absolute atomic E-state index is 10.6. The monoisotopic (exact) mass is 228 g/mol. The summed E-state index contributed by atoms with van der Waals surface area (Å²) in [5, 5.41) is 12.5. The van der Waals surface area contributed by atoms with Gasteiger partial charge >= 0.3 is 5.97 Å². The average molecular weight is 228 g/mol. The lowest BCUT2D eigenvalue weighted by molar-refractivity contribution is -0.138. The molecule has 0 aliphatic carbocycles. The SMILES string of the molecule is COCCN(CC(=O)O)Cc1cc(C)no1. The van der Waals surface area contributed by atoms with E-state index in [4.69, 9.17) is 14.4 Å². The number of aliphatic carboxylic acids is 1. The number of carboxylic acids is 1. The van der Waals surface area contributed by atoms with Gasteiger partial charge in [0.2, 0.25) is 0 Å². The van der Waals surface area contributed by atoms with Gasteiger partial charge in [-0.15, -0.1) is 0 Å². The van der Waals surface area contributed by atoms with E-state index in [0.29, 0.717) is 25.5 Å². The first-order chi connectivity index (χ1) is 7.61. The number of ether oxygens (including phenoxy) is 1. The number of carboxylic acid groups (broad SMARTS) is 1. The maximum atomic E-state index is 10.6. The van der Waals surface area contributed by atoms with Crippen molar-refractivity contribution in [3.63, 3.8) is 0 Å². The van der Waals surface area contributed by atoms with Crippen LogP contribution in [0.2, 0.25) is 0 Å². The van der Waals surface area contributed by atoms with Gasteiger partial charge in [0.25, 0.3) is 0 Å². The highest BCUT2D eigenvalue weighted by molar-refractivity contribution is 5.69. The van der Waals surface area contributed by atoms with Crippen LogP contribution in [0.15, 0.2) is 10.6 Å². The predicted octanol–water partition coefficient (Wildman–Crippen LogP) is 0.516. The Hall–Kier alpha value is -1.40. The van der Waals surface area contributed by atoms with E-state index in [1.165, 1.54) is 0 Å². The van der Waals surface area contributed by atoms with Crippen molar-refractivity contribution in [1.82, 2.24) is 10.1 Å². The topological polar surface area (TPSA) is 75.8 Å². The molecule has 0 saturated heterocycles. The Kier molecular flexibility index (Phi) is 4.94. The first-order valence-corrected chi connectivity index (χ1v) is 4.97. The van der Waals surface area contributed by atoms with Crippen molar-refractivity contribution >= 4 is 5.97 Å². The molecule has 1 heterocycles. The molecule has 0 atom stereocenters. The summed E-state index contributed by atoms with van der Waals surface area (Å²) in [7, 11) is 1.58. The Labute approximate surface area is 93.8 Å². The fourth-order valence-electron chi connectivity index (χ4n) is 1.34. The molecule has 0 bridgehead atoms. The van der Waals surface area contributed by atoms with Gasteiger partial charge in [-0.3, -0.25) is 9.69 Å². The summed E-state index contributed by atoms with van der Waals surface area (Å²) in [5.41, 5.74) is 0.789. The van der Waals surface area contributed by atoms with Crippen LogP contribution in [0.1, 0.15) is 11.5 Å². The summed E-state index contributed by atoms with van der Waals surface area (Å²) in [5.74, 6) is -0.206. The van der Waals surface area contributed by atoms with Crippen LogP contribution < -0.4 is 0 Å². The first kappa shape index (κ1) is 12.7. The van der Waals surface area contributed by atoms with E-state index in [9.17, 15) is 4.79 Å². The van der Waals surface area contributed by atoms with Gasteiger partial charge in [0, 0.05) is 19.7 Å². The minimum atomic E-state index is -0.868. The molecule has 0 amide bonds. The standard InChI is InChI=1S/C10H16N2O4/c1-8-5-9(16-11-8)6-12(3-4-15-2)7-10(13)14/h5H,3-4,6-7H2,1-2H3,(H,13,14). The highest BCUT2D eigenvalue weighted by Gasteiger charge is 2.12. The molecule has 1 N–H and O–H groups in total. The average Bonchev–Trinajstić information content (AvgIpc) is 2.59. The van der Waals surface area contributed by atoms with Crippen molar-refractivity contribution in [1.29, 1.82) is 0 Å². The largest absolute Gasteiger partial charge is 0.480 e. The lowest BCUT2D eigenvalue weighted by Crippen LogP contribution is -2.32. The number of nitrogens with zero attached hydrogens (tertiary/aromatic N) is 2. The van der Waals surface area contributed by atoms with Crippen molar-refractivity contribution in [2.75, 3.05) is 26.8 Å². The fourth-order valence-corrected chi connectivity index (χ4v) is 1.34. The van der Waals surface area contributed by atoms with Crippen LogP contribution in [0.3, 0.4) is 0 Å². The molecule has 6 heteroatoms. The van der Waals surface area contributed by atoms with Crippen molar-refractivity contribution in [2.24, 2.45) is 0 Å². The first-order valence-electron chi connectivity index (χ1n) is 4.97. The van der Waals surface area contributed by atoms with Crippen molar-refractivity contribution in [2.45, 2.75) is 13.5 Å². The van der Waals surface area contributed by atoms with Gasteiger partial charge < -0.3 is 14.4 Å². The van der Waals surface area contributed by atoms with Gasteiger partial charge in [-0.1, -0.05) is 5.16 Å². The number of hydrogen-bond acceptors (Lipinski definition) is 5. The summed E-state index contributed by atoms with van der Waals surface area (Å²) in [6.45, 7) is 3.24. The summed E-state index contributed by atoms with van der Waals surface area (Å²) >= 11 is 0. The molecule has 0 fully saturated rings. The third-order valence-corrected chi connectivity index (χ3v) is 2.03. The molecule has 1 aromatic heterocycles. The van der Waals surface area contributed by atoms with Gasteiger partial charge in [0.15, 0.2) is 5.76 Å². The van der Waals surface area contributed by atoms with E-state index in [1.807, 2.05) is 6.92 Å². The molecule has 1 aromatic rings. The maximum Gasteiger partial charge on any atom is 0.317 e. The van der Waals surface area contributed by atoms with Crippen LogP contribution in [-0.4, -0.2) is 47.9 Å². The quantitative estimate of drug-likeness (QED) is 0.733. The van der Waals surface area contributed by atoms with Crippen LogP contribution in [0.5, 0.6) is 0 Å². The summed E-state index contributed by atoms with van der Waals surface area (Å²) < 4.78 is 9.95. The molecule has 16 heavy (non-hydrogen) atoms.